The quantitative estimate of drug-likeness (QED) is 0.757. The lowest BCUT2D eigenvalue weighted by Crippen LogP contribution is -2.16. The number of nitrogens with one attached hydrogen (secondary N) is 2. The van der Waals surface area contributed by atoms with E-state index >= 15 is 0 Å². The number of nitrogens with zero attached hydrogens (tertiary/aromatic N) is 3. The highest BCUT2D eigenvalue weighted by Gasteiger charge is 2.30. The molecule has 0 spiro atoms. The standard InChI is InChI=1S/C16H16F3N5O/c1-9(2)12-7-14(25)24-15(21-12)22-13(23-24)8-20-11-5-3-4-10(6-11)16(17,18)19/h3-7,9,20H,8H2,1-2H3,(H,21,22,23). The van der Waals surface area contributed by atoms with Crippen molar-refractivity contribution >= 4 is 11.5 Å². The van der Waals surface area contributed by atoms with Gasteiger partial charge in [-0.1, -0.05) is 19.9 Å². The number of anilines is 1. The van der Waals surface area contributed by atoms with Crippen LogP contribution in [0.25, 0.3) is 5.78 Å². The summed E-state index contributed by atoms with van der Waals surface area (Å²) in [5.74, 6) is 0.709. The predicted octanol–water partition coefficient (Wildman–Crippen LogP) is 3.17. The fourth-order valence-corrected chi connectivity index (χ4v) is 2.31. The Bertz CT molecular complexity index is 958. The molecule has 9 heteroatoms. The summed E-state index contributed by atoms with van der Waals surface area (Å²) in [6.45, 7) is 3.96. The van der Waals surface area contributed by atoms with Crippen LogP contribution >= 0.6 is 0 Å². The molecule has 1 aromatic carbocycles. The van der Waals surface area contributed by atoms with Gasteiger partial charge < -0.3 is 5.32 Å². The molecule has 132 valence electrons. The molecule has 0 atom stereocenters. The average molecular weight is 351 g/mol. The molecule has 0 amide bonds. The van der Waals surface area contributed by atoms with Gasteiger partial charge in [0.05, 0.1) is 17.8 Å². The lowest BCUT2D eigenvalue weighted by Gasteiger charge is -2.09. The van der Waals surface area contributed by atoms with Gasteiger partial charge in [0.15, 0.2) is 0 Å². The van der Waals surface area contributed by atoms with Crippen molar-refractivity contribution in [2.45, 2.75) is 32.5 Å². The SMILES string of the molecule is CC(C)c1cc(=O)n2[nH]c(CNc3cccc(C(F)(F)F)c3)nc2n1. The Morgan fingerprint density at radius 2 is 2.00 bits per heavy atom. The molecule has 2 aromatic heterocycles. The number of hydrogen-bond donors (Lipinski definition) is 2. The van der Waals surface area contributed by atoms with Crippen LogP contribution in [-0.4, -0.2) is 19.6 Å². The lowest BCUT2D eigenvalue weighted by molar-refractivity contribution is -0.137. The van der Waals surface area contributed by atoms with Gasteiger partial charge in [-0.2, -0.15) is 22.7 Å². The van der Waals surface area contributed by atoms with Crippen molar-refractivity contribution in [3.05, 3.63) is 57.8 Å². The number of aromatic nitrogens is 4. The van der Waals surface area contributed by atoms with Crippen LogP contribution in [0.1, 0.15) is 36.8 Å². The first-order chi connectivity index (χ1) is 11.7. The van der Waals surface area contributed by atoms with Gasteiger partial charge in [-0.15, -0.1) is 0 Å². The largest absolute Gasteiger partial charge is 0.416 e. The van der Waals surface area contributed by atoms with Gasteiger partial charge in [-0.3, -0.25) is 9.89 Å². The van der Waals surface area contributed by atoms with Crippen LogP contribution in [0.15, 0.2) is 35.1 Å². The normalized spacial score (nSPS) is 12.1. The van der Waals surface area contributed by atoms with Gasteiger partial charge in [-0.25, -0.2) is 4.98 Å². The molecule has 0 radical (unpaired) electrons. The number of benzene rings is 1. The highest BCUT2D eigenvalue weighted by Crippen LogP contribution is 2.30. The molecule has 6 nitrogen and oxygen atoms in total. The smallest absolute Gasteiger partial charge is 0.378 e. The molecule has 2 heterocycles. The summed E-state index contributed by atoms with van der Waals surface area (Å²) in [5.41, 5.74) is -0.0829. The monoisotopic (exact) mass is 351 g/mol. The fourth-order valence-electron chi connectivity index (χ4n) is 2.31. The lowest BCUT2D eigenvalue weighted by atomic mass is 10.1. The van der Waals surface area contributed by atoms with Crippen molar-refractivity contribution in [1.82, 2.24) is 19.6 Å². The van der Waals surface area contributed by atoms with Gasteiger partial charge in [0.2, 0.25) is 0 Å². The molecule has 0 aliphatic rings. The first-order valence-electron chi connectivity index (χ1n) is 7.64. The van der Waals surface area contributed by atoms with Crippen molar-refractivity contribution in [1.29, 1.82) is 0 Å². The average Bonchev–Trinajstić information content (AvgIpc) is 2.96. The highest BCUT2D eigenvalue weighted by atomic mass is 19.4. The first kappa shape index (κ1) is 17.0. The van der Waals surface area contributed by atoms with E-state index in [9.17, 15) is 18.0 Å². The molecular weight excluding hydrogens is 335 g/mol. The summed E-state index contributed by atoms with van der Waals surface area (Å²) in [6.07, 6.45) is -4.40. The zero-order valence-corrected chi connectivity index (χ0v) is 13.6. The Kier molecular flexibility index (Phi) is 4.23. The number of H-pyrrole nitrogens is 1. The minimum Gasteiger partial charge on any atom is -0.378 e. The molecule has 2 N–H and O–H groups in total. The van der Waals surface area contributed by atoms with Crippen LogP contribution in [0.4, 0.5) is 18.9 Å². The van der Waals surface area contributed by atoms with E-state index in [0.29, 0.717) is 17.2 Å². The van der Waals surface area contributed by atoms with Crippen molar-refractivity contribution in [2.24, 2.45) is 0 Å². The van der Waals surface area contributed by atoms with Crippen LogP contribution < -0.4 is 10.9 Å². The van der Waals surface area contributed by atoms with Crippen LogP contribution in [0.2, 0.25) is 0 Å². The van der Waals surface area contributed by atoms with E-state index in [-0.39, 0.29) is 23.8 Å². The van der Waals surface area contributed by atoms with E-state index in [0.717, 1.165) is 12.1 Å². The number of rotatable bonds is 4. The second kappa shape index (κ2) is 6.23. The third-order valence-corrected chi connectivity index (χ3v) is 3.64. The molecule has 25 heavy (non-hydrogen) atoms. The second-order valence-corrected chi connectivity index (χ2v) is 5.91. The Balaban J connectivity index is 1.82. The molecule has 0 saturated carbocycles. The molecule has 3 rings (SSSR count). The maximum absolute atomic E-state index is 12.7. The van der Waals surface area contributed by atoms with Crippen molar-refractivity contribution in [3.8, 4) is 0 Å². The number of aromatic amines is 1. The Hall–Kier alpha value is -2.84. The summed E-state index contributed by atoms with van der Waals surface area (Å²) >= 11 is 0. The summed E-state index contributed by atoms with van der Waals surface area (Å²) in [4.78, 5) is 20.6. The molecule has 0 saturated heterocycles. The maximum Gasteiger partial charge on any atom is 0.416 e. The Morgan fingerprint density at radius 3 is 2.68 bits per heavy atom. The van der Waals surface area contributed by atoms with Crippen molar-refractivity contribution in [3.63, 3.8) is 0 Å². The van der Waals surface area contributed by atoms with Gasteiger partial charge in [0, 0.05) is 11.8 Å². The third-order valence-electron chi connectivity index (χ3n) is 3.64. The third kappa shape index (κ3) is 3.65. The molecule has 0 bridgehead atoms. The summed E-state index contributed by atoms with van der Waals surface area (Å²) < 4.78 is 39.4. The number of halogens is 3. The van der Waals surface area contributed by atoms with E-state index < -0.39 is 11.7 Å². The molecular formula is C16H16F3N5O. The van der Waals surface area contributed by atoms with Crippen molar-refractivity contribution in [2.75, 3.05) is 5.32 Å². The zero-order valence-electron chi connectivity index (χ0n) is 13.6. The Morgan fingerprint density at radius 1 is 1.24 bits per heavy atom. The van der Waals surface area contributed by atoms with Crippen molar-refractivity contribution < 1.29 is 13.2 Å². The second-order valence-electron chi connectivity index (χ2n) is 5.91. The minimum atomic E-state index is -4.40. The van der Waals surface area contributed by atoms with Crippen LogP contribution in [0.5, 0.6) is 0 Å². The van der Waals surface area contributed by atoms with E-state index in [1.54, 1.807) is 0 Å². The number of hydrogen-bond acceptors (Lipinski definition) is 4. The summed E-state index contributed by atoms with van der Waals surface area (Å²) in [7, 11) is 0. The van der Waals surface area contributed by atoms with E-state index in [4.69, 9.17) is 0 Å². The van der Waals surface area contributed by atoms with Crippen LogP contribution in [0, 0.1) is 0 Å². The molecule has 0 aliphatic heterocycles. The number of fused-ring (bicyclic) bond motifs is 1. The number of alkyl halides is 3. The molecule has 0 fully saturated rings. The van der Waals surface area contributed by atoms with Crippen LogP contribution in [-0.2, 0) is 12.7 Å². The van der Waals surface area contributed by atoms with Gasteiger partial charge >= 0.3 is 6.18 Å². The first-order valence-corrected chi connectivity index (χ1v) is 7.64. The maximum atomic E-state index is 12.7. The van der Waals surface area contributed by atoms with E-state index in [1.165, 1.54) is 22.7 Å². The summed E-state index contributed by atoms with van der Waals surface area (Å²) in [5, 5.41) is 5.65. The fraction of sp³-hybridized carbons (Fsp3) is 0.312. The van der Waals surface area contributed by atoms with Gasteiger partial charge in [0.25, 0.3) is 11.3 Å². The minimum absolute atomic E-state index is 0.0843. The molecule has 0 aliphatic carbocycles. The van der Waals surface area contributed by atoms with Gasteiger partial charge in [0.1, 0.15) is 5.82 Å². The van der Waals surface area contributed by atoms with E-state index in [2.05, 4.69) is 20.4 Å². The van der Waals surface area contributed by atoms with E-state index in [1.807, 2.05) is 13.8 Å². The van der Waals surface area contributed by atoms with Crippen LogP contribution in [0.3, 0.4) is 0 Å². The van der Waals surface area contributed by atoms with Gasteiger partial charge in [-0.05, 0) is 24.1 Å². The Labute approximate surface area is 140 Å². The summed E-state index contributed by atoms with van der Waals surface area (Å²) in [6, 6.07) is 6.30. The molecule has 3 aromatic rings. The highest BCUT2D eigenvalue weighted by molar-refractivity contribution is 5.46. The topological polar surface area (TPSA) is 75.1 Å². The predicted molar refractivity (Wildman–Crippen MR) is 86.5 cm³/mol. The zero-order chi connectivity index (χ0) is 18.2. The molecule has 0 unspecified atom stereocenters.